The predicted octanol–water partition coefficient (Wildman–Crippen LogP) is 3.59. The molecule has 0 spiro atoms. The molecule has 1 aliphatic heterocycles. The van der Waals surface area contributed by atoms with Crippen LogP contribution < -0.4 is 9.64 Å². The van der Waals surface area contributed by atoms with E-state index in [9.17, 15) is 9.18 Å². The van der Waals surface area contributed by atoms with Crippen molar-refractivity contribution in [2.24, 2.45) is 0 Å². The van der Waals surface area contributed by atoms with E-state index in [0.717, 1.165) is 10.9 Å². The van der Waals surface area contributed by atoms with E-state index in [0.29, 0.717) is 30.0 Å². The number of carbonyl (C=O) groups is 1. The molecule has 0 bridgehead atoms. The van der Waals surface area contributed by atoms with E-state index in [1.54, 1.807) is 24.1 Å². The van der Waals surface area contributed by atoms with Crippen molar-refractivity contribution in [2.75, 3.05) is 18.6 Å². The molecule has 0 fully saturated rings. The lowest BCUT2D eigenvalue weighted by molar-refractivity contribution is 0.0985. The van der Waals surface area contributed by atoms with Crippen LogP contribution in [0.25, 0.3) is 10.9 Å². The molecule has 0 atom stereocenters. The van der Waals surface area contributed by atoms with Gasteiger partial charge in [-0.2, -0.15) is 0 Å². The van der Waals surface area contributed by atoms with Crippen molar-refractivity contribution in [1.82, 2.24) is 4.98 Å². The highest BCUT2D eigenvalue weighted by molar-refractivity contribution is 6.07. The highest BCUT2D eigenvalue weighted by Gasteiger charge is 2.29. The third-order valence-electron chi connectivity index (χ3n) is 4.29. The summed E-state index contributed by atoms with van der Waals surface area (Å²) < 4.78 is 19.3. The van der Waals surface area contributed by atoms with Crippen molar-refractivity contribution in [1.29, 1.82) is 0 Å². The van der Waals surface area contributed by atoms with E-state index in [-0.39, 0.29) is 11.5 Å². The van der Waals surface area contributed by atoms with Gasteiger partial charge in [0.15, 0.2) is 0 Å². The molecule has 4 nitrogen and oxygen atoms in total. The van der Waals surface area contributed by atoms with Crippen molar-refractivity contribution >= 4 is 22.6 Å². The Morgan fingerprint density at radius 2 is 2.04 bits per heavy atom. The number of hydrogen-bond acceptors (Lipinski definition) is 3. The van der Waals surface area contributed by atoms with Crippen molar-refractivity contribution < 1.29 is 13.9 Å². The molecule has 0 unspecified atom stereocenters. The number of para-hydroxylation sites is 1. The first kappa shape index (κ1) is 14.6. The van der Waals surface area contributed by atoms with Crippen LogP contribution in [0.2, 0.25) is 0 Å². The van der Waals surface area contributed by atoms with Crippen molar-refractivity contribution in [3.05, 3.63) is 65.5 Å². The van der Waals surface area contributed by atoms with Crippen molar-refractivity contribution in [3.8, 4) is 5.75 Å². The number of pyridine rings is 1. The lowest BCUT2D eigenvalue weighted by atomic mass is 10.1. The average Bonchev–Trinajstić information content (AvgIpc) is 3.02. The summed E-state index contributed by atoms with van der Waals surface area (Å²) in [6, 6.07) is 13.7. The molecule has 0 N–H and O–H groups in total. The Bertz CT molecular complexity index is 955. The van der Waals surface area contributed by atoms with Crippen LogP contribution in [0.1, 0.15) is 15.9 Å². The van der Waals surface area contributed by atoms with E-state index in [1.807, 2.05) is 24.3 Å². The minimum atomic E-state index is -0.519. The summed E-state index contributed by atoms with van der Waals surface area (Å²) in [6.45, 7) is 0.494. The van der Waals surface area contributed by atoms with Crippen molar-refractivity contribution in [3.63, 3.8) is 0 Å². The van der Waals surface area contributed by atoms with Crippen LogP contribution >= 0.6 is 0 Å². The van der Waals surface area contributed by atoms with Crippen LogP contribution in [0.15, 0.2) is 48.5 Å². The molecule has 0 radical (unpaired) electrons. The summed E-state index contributed by atoms with van der Waals surface area (Å²) in [6.07, 6.45) is 0.704. The Kier molecular flexibility index (Phi) is 3.41. The second kappa shape index (κ2) is 5.60. The van der Waals surface area contributed by atoms with E-state index >= 15 is 0 Å². The molecule has 120 valence electrons. The van der Waals surface area contributed by atoms with Gasteiger partial charge in [-0.05, 0) is 36.2 Å². The Morgan fingerprint density at radius 1 is 1.21 bits per heavy atom. The number of fused-ring (bicyclic) bond motifs is 2. The molecule has 1 aromatic heterocycles. The molecular weight excluding hydrogens is 307 g/mol. The first-order chi connectivity index (χ1) is 11.7. The Labute approximate surface area is 138 Å². The van der Waals surface area contributed by atoms with Crippen LogP contribution in [-0.4, -0.2) is 24.5 Å². The van der Waals surface area contributed by atoms with Gasteiger partial charge in [0.2, 0.25) is 0 Å². The quantitative estimate of drug-likeness (QED) is 0.724. The van der Waals surface area contributed by atoms with Gasteiger partial charge >= 0.3 is 0 Å². The van der Waals surface area contributed by atoms with E-state index in [4.69, 9.17) is 4.74 Å². The number of aromatic nitrogens is 1. The maximum atomic E-state index is 14.0. The van der Waals surface area contributed by atoms with E-state index < -0.39 is 5.82 Å². The summed E-state index contributed by atoms with van der Waals surface area (Å²) in [5.41, 5.74) is 1.75. The molecule has 24 heavy (non-hydrogen) atoms. The van der Waals surface area contributed by atoms with E-state index in [2.05, 4.69) is 4.98 Å². The summed E-state index contributed by atoms with van der Waals surface area (Å²) >= 11 is 0. The molecule has 3 aromatic rings. The number of hydrogen-bond donors (Lipinski definition) is 0. The Morgan fingerprint density at radius 3 is 2.83 bits per heavy atom. The van der Waals surface area contributed by atoms with E-state index in [1.165, 1.54) is 12.1 Å². The topological polar surface area (TPSA) is 42.4 Å². The van der Waals surface area contributed by atoms with Crippen LogP contribution in [0.5, 0.6) is 5.75 Å². The fraction of sp³-hybridized carbons (Fsp3) is 0.158. The number of amides is 1. The van der Waals surface area contributed by atoms with Gasteiger partial charge in [0.25, 0.3) is 5.91 Å². The van der Waals surface area contributed by atoms with Gasteiger partial charge in [-0.3, -0.25) is 9.69 Å². The van der Waals surface area contributed by atoms with Crippen molar-refractivity contribution in [2.45, 2.75) is 6.42 Å². The minimum Gasteiger partial charge on any atom is -0.494 e. The molecule has 2 heterocycles. The molecule has 4 rings (SSSR count). The number of anilines is 1. The van der Waals surface area contributed by atoms with Gasteiger partial charge in [-0.25, -0.2) is 9.37 Å². The average molecular weight is 322 g/mol. The van der Waals surface area contributed by atoms with Crippen LogP contribution in [0.4, 0.5) is 10.2 Å². The molecule has 0 aliphatic carbocycles. The lowest BCUT2D eigenvalue weighted by Crippen LogP contribution is -2.30. The second-order valence-corrected chi connectivity index (χ2v) is 5.69. The summed E-state index contributed by atoms with van der Waals surface area (Å²) in [5.74, 6) is 0.351. The smallest absolute Gasteiger partial charge is 0.262 e. The largest absolute Gasteiger partial charge is 0.494 e. The maximum Gasteiger partial charge on any atom is 0.262 e. The van der Waals surface area contributed by atoms with Gasteiger partial charge in [0, 0.05) is 11.9 Å². The third-order valence-corrected chi connectivity index (χ3v) is 4.29. The first-order valence-corrected chi connectivity index (χ1v) is 7.72. The molecule has 0 saturated carbocycles. The number of ether oxygens (including phenoxy) is 1. The summed E-state index contributed by atoms with van der Waals surface area (Å²) in [7, 11) is 1.59. The molecule has 0 saturated heterocycles. The standard InChI is InChI=1S/C19H15FN2O2/c1-24-16-8-4-5-12-11-13-9-10-22(18(13)21-17(12)16)19(23)14-6-2-3-7-15(14)20/h2-8,11H,9-10H2,1H3. The van der Waals surface area contributed by atoms with Gasteiger partial charge in [0.1, 0.15) is 22.9 Å². The zero-order valence-corrected chi connectivity index (χ0v) is 13.1. The third kappa shape index (κ3) is 2.21. The number of methoxy groups -OCH3 is 1. The fourth-order valence-corrected chi connectivity index (χ4v) is 3.10. The van der Waals surface area contributed by atoms with Crippen LogP contribution in [0.3, 0.4) is 0 Å². The number of nitrogens with zero attached hydrogens (tertiary/aromatic N) is 2. The molecule has 2 aromatic carbocycles. The zero-order valence-electron chi connectivity index (χ0n) is 13.1. The fourth-order valence-electron chi connectivity index (χ4n) is 3.10. The SMILES string of the molecule is COc1cccc2cc3c(nc12)N(C(=O)c1ccccc1F)CC3. The summed E-state index contributed by atoms with van der Waals surface area (Å²) in [5, 5.41) is 0.966. The highest BCUT2D eigenvalue weighted by Crippen LogP contribution is 2.33. The second-order valence-electron chi connectivity index (χ2n) is 5.69. The van der Waals surface area contributed by atoms with Crippen LogP contribution in [-0.2, 0) is 6.42 Å². The number of rotatable bonds is 2. The predicted molar refractivity (Wildman–Crippen MR) is 90.1 cm³/mol. The number of halogens is 1. The molecule has 5 heteroatoms. The minimum absolute atomic E-state index is 0.0623. The zero-order chi connectivity index (χ0) is 16.7. The maximum absolute atomic E-state index is 14.0. The Hall–Kier alpha value is -2.95. The van der Waals surface area contributed by atoms with Gasteiger partial charge < -0.3 is 4.74 Å². The Balaban J connectivity index is 1.82. The lowest BCUT2D eigenvalue weighted by Gasteiger charge is -2.17. The van der Waals surface area contributed by atoms with Gasteiger partial charge in [-0.1, -0.05) is 24.3 Å². The first-order valence-electron chi connectivity index (χ1n) is 7.72. The number of benzene rings is 2. The highest BCUT2D eigenvalue weighted by atomic mass is 19.1. The monoisotopic (exact) mass is 322 g/mol. The number of carbonyl (C=O) groups excluding carboxylic acids is 1. The van der Waals surface area contributed by atoms with Crippen LogP contribution in [0, 0.1) is 5.82 Å². The normalized spacial score (nSPS) is 13.2. The molecule has 1 amide bonds. The summed E-state index contributed by atoms with van der Waals surface area (Å²) in [4.78, 5) is 18.9. The molecule has 1 aliphatic rings. The molecular formula is C19H15FN2O2. The van der Waals surface area contributed by atoms with Gasteiger partial charge in [-0.15, -0.1) is 0 Å². The van der Waals surface area contributed by atoms with Gasteiger partial charge in [0.05, 0.1) is 12.7 Å².